The lowest BCUT2D eigenvalue weighted by Gasteiger charge is -2.12. The second-order valence-electron chi connectivity index (χ2n) is 6.45. The van der Waals surface area contributed by atoms with Crippen LogP contribution in [0, 0.1) is 12.7 Å². The first kappa shape index (κ1) is 19.7. The van der Waals surface area contributed by atoms with Crippen LogP contribution in [0.15, 0.2) is 47.4 Å². The number of hydrogen-bond acceptors (Lipinski definition) is 4. The quantitative estimate of drug-likeness (QED) is 0.618. The van der Waals surface area contributed by atoms with E-state index in [-0.39, 0.29) is 4.90 Å². The van der Waals surface area contributed by atoms with Gasteiger partial charge < -0.3 is 9.64 Å². The lowest BCUT2D eigenvalue weighted by Crippen LogP contribution is -2.20. The highest BCUT2D eigenvalue weighted by Gasteiger charge is 2.26. The summed E-state index contributed by atoms with van der Waals surface area (Å²) < 4.78 is 46.8. The van der Waals surface area contributed by atoms with E-state index in [0.29, 0.717) is 40.5 Å². The van der Waals surface area contributed by atoms with Gasteiger partial charge in [0, 0.05) is 17.0 Å². The zero-order valence-electron chi connectivity index (χ0n) is 15.2. The number of ether oxygens (including phenoxy) is 1. The molecule has 3 rings (SSSR count). The molecule has 8 heteroatoms. The van der Waals surface area contributed by atoms with Gasteiger partial charge in [-0.3, -0.25) is 0 Å². The van der Waals surface area contributed by atoms with Crippen molar-refractivity contribution in [1.82, 2.24) is 8.87 Å². The van der Waals surface area contributed by atoms with Crippen molar-refractivity contribution in [3.63, 3.8) is 0 Å². The number of rotatable bonds is 6. The van der Waals surface area contributed by atoms with E-state index in [2.05, 4.69) is 0 Å². The Balaban J connectivity index is 2.18. The van der Waals surface area contributed by atoms with Crippen molar-refractivity contribution < 1.29 is 17.5 Å². The fourth-order valence-corrected chi connectivity index (χ4v) is 4.58. The van der Waals surface area contributed by atoms with Gasteiger partial charge >= 0.3 is 0 Å². The molecule has 0 saturated carbocycles. The molecule has 0 atom stereocenters. The summed E-state index contributed by atoms with van der Waals surface area (Å²) in [4.78, 5) is 1.96. The number of benzene rings is 2. The van der Waals surface area contributed by atoms with Crippen LogP contribution in [0.2, 0.25) is 5.02 Å². The molecule has 5 nitrogen and oxygen atoms in total. The van der Waals surface area contributed by atoms with Crippen LogP contribution in [-0.4, -0.2) is 44.5 Å². The number of aromatic nitrogens is 1. The van der Waals surface area contributed by atoms with Crippen LogP contribution in [0.25, 0.3) is 10.9 Å². The molecule has 0 aliphatic carbocycles. The molecule has 1 aromatic heterocycles. The molecule has 0 fully saturated rings. The maximum absolute atomic E-state index is 13.2. The molecule has 27 heavy (non-hydrogen) atoms. The number of fused-ring (bicyclic) bond motifs is 1. The molecule has 2 aromatic carbocycles. The van der Waals surface area contributed by atoms with Crippen LogP contribution in [-0.2, 0) is 10.0 Å². The fraction of sp³-hybridized carbons (Fsp3) is 0.263. The third-order valence-electron chi connectivity index (χ3n) is 4.19. The van der Waals surface area contributed by atoms with Gasteiger partial charge in [0.25, 0.3) is 10.0 Å². The molecular weight excluding hydrogens is 391 g/mol. The van der Waals surface area contributed by atoms with Crippen LogP contribution >= 0.6 is 11.6 Å². The first-order valence-electron chi connectivity index (χ1n) is 8.31. The number of nitrogens with zero attached hydrogens (tertiary/aromatic N) is 2. The predicted molar refractivity (Wildman–Crippen MR) is 105 cm³/mol. The molecule has 0 radical (unpaired) electrons. The number of likely N-dealkylation sites (N-methyl/N-ethyl adjacent to an activating group) is 1. The van der Waals surface area contributed by atoms with E-state index >= 15 is 0 Å². The van der Waals surface area contributed by atoms with Crippen LogP contribution in [0.4, 0.5) is 4.39 Å². The third-order valence-corrected chi connectivity index (χ3v) is 6.25. The van der Waals surface area contributed by atoms with E-state index in [1.54, 1.807) is 25.1 Å². The summed E-state index contributed by atoms with van der Waals surface area (Å²) >= 11 is 6.11. The maximum atomic E-state index is 13.2. The van der Waals surface area contributed by atoms with Crippen molar-refractivity contribution in [2.45, 2.75) is 11.8 Å². The Kier molecular flexibility index (Phi) is 5.46. The predicted octanol–water partition coefficient (Wildman–Crippen LogP) is 3.92. The van der Waals surface area contributed by atoms with Crippen LogP contribution in [0.5, 0.6) is 5.75 Å². The van der Waals surface area contributed by atoms with Gasteiger partial charge in [-0.2, -0.15) is 0 Å². The topological polar surface area (TPSA) is 51.5 Å². The average molecular weight is 411 g/mol. The normalized spacial score (nSPS) is 12.1. The van der Waals surface area contributed by atoms with Gasteiger partial charge in [-0.25, -0.2) is 16.8 Å². The first-order valence-corrected chi connectivity index (χ1v) is 10.1. The van der Waals surface area contributed by atoms with Gasteiger partial charge in [0.1, 0.15) is 18.2 Å². The summed E-state index contributed by atoms with van der Waals surface area (Å²) in [6.07, 6.45) is 0. The minimum atomic E-state index is -3.95. The fourth-order valence-electron chi connectivity index (χ4n) is 2.87. The zero-order chi connectivity index (χ0) is 19.8. The second kappa shape index (κ2) is 7.50. The smallest absolute Gasteiger partial charge is 0.268 e. The molecule has 0 unspecified atom stereocenters. The van der Waals surface area contributed by atoms with Crippen molar-refractivity contribution in [1.29, 1.82) is 0 Å². The molecule has 0 N–H and O–H groups in total. The maximum Gasteiger partial charge on any atom is 0.268 e. The van der Waals surface area contributed by atoms with Crippen LogP contribution in [0.1, 0.15) is 5.69 Å². The molecule has 0 aliphatic rings. The Morgan fingerprint density at radius 3 is 2.44 bits per heavy atom. The summed E-state index contributed by atoms with van der Waals surface area (Å²) in [5, 5.41) is 1.07. The first-order chi connectivity index (χ1) is 12.7. The van der Waals surface area contributed by atoms with Crippen molar-refractivity contribution in [3.05, 3.63) is 59.0 Å². The van der Waals surface area contributed by atoms with Crippen LogP contribution in [0.3, 0.4) is 0 Å². The van der Waals surface area contributed by atoms with Gasteiger partial charge in [-0.15, -0.1) is 0 Å². The van der Waals surface area contributed by atoms with Crippen molar-refractivity contribution in [3.8, 4) is 5.75 Å². The third kappa shape index (κ3) is 3.81. The van der Waals surface area contributed by atoms with Gasteiger partial charge in [0.15, 0.2) is 0 Å². The molecule has 1 heterocycles. The number of halogens is 2. The highest BCUT2D eigenvalue weighted by molar-refractivity contribution is 7.90. The Morgan fingerprint density at radius 2 is 1.81 bits per heavy atom. The monoisotopic (exact) mass is 410 g/mol. The van der Waals surface area contributed by atoms with E-state index < -0.39 is 15.8 Å². The highest BCUT2D eigenvalue weighted by atomic mass is 35.5. The summed E-state index contributed by atoms with van der Waals surface area (Å²) in [7, 11) is -0.0917. The molecule has 0 amide bonds. The molecular formula is C19H20ClFN2O3S. The molecule has 3 aromatic rings. The summed E-state index contributed by atoms with van der Waals surface area (Å²) in [5.41, 5.74) is 0.861. The van der Waals surface area contributed by atoms with Gasteiger partial charge in [-0.05, 0) is 63.5 Å². The molecule has 0 spiro atoms. The summed E-state index contributed by atoms with van der Waals surface area (Å²) in [6, 6.07) is 9.75. The van der Waals surface area contributed by atoms with Crippen molar-refractivity contribution in [2.75, 3.05) is 27.2 Å². The molecule has 0 aliphatic heterocycles. The Labute approximate surface area is 163 Å². The second-order valence-corrected chi connectivity index (χ2v) is 8.67. The van der Waals surface area contributed by atoms with E-state index in [4.69, 9.17) is 16.3 Å². The number of hydrogen-bond donors (Lipinski definition) is 0. The van der Waals surface area contributed by atoms with E-state index in [9.17, 15) is 12.8 Å². The zero-order valence-corrected chi connectivity index (χ0v) is 16.8. The van der Waals surface area contributed by atoms with E-state index in [1.165, 1.54) is 16.1 Å². The summed E-state index contributed by atoms with van der Waals surface area (Å²) in [5.74, 6) is -0.00649. The molecule has 0 saturated heterocycles. The summed E-state index contributed by atoms with van der Waals surface area (Å²) in [6.45, 7) is 2.77. The average Bonchev–Trinajstić information content (AvgIpc) is 2.86. The Hall–Kier alpha value is -2.09. The SMILES string of the molecule is Cc1c(OCCN(C)C)c2ccc(Cl)cc2n1S(=O)(=O)c1ccc(F)cc1. The Morgan fingerprint density at radius 1 is 1.15 bits per heavy atom. The van der Waals surface area contributed by atoms with Gasteiger partial charge in [-0.1, -0.05) is 11.6 Å². The van der Waals surface area contributed by atoms with Crippen LogP contribution < -0.4 is 4.74 Å². The van der Waals surface area contributed by atoms with Gasteiger partial charge in [0.05, 0.1) is 16.1 Å². The lowest BCUT2D eigenvalue weighted by atomic mass is 10.2. The minimum Gasteiger partial charge on any atom is -0.490 e. The standard InChI is InChI=1S/C19H20ClFN2O3S/c1-13-19(26-11-10-22(2)3)17-9-4-14(20)12-18(17)23(13)27(24,25)16-7-5-15(21)6-8-16/h4-9,12H,10-11H2,1-3H3. The van der Waals surface area contributed by atoms with Crippen molar-refractivity contribution in [2.24, 2.45) is 0 Å². The molecule has 0 bridgehead atoms. The van der Waals surface area contributed by atoms with E-state index in [1.807, 2.05) is 19.0 Å². The Bertz CT molecular complexity index is 1080. The molecule has 144 valence electrons. The largest absolute Gasteiger partial charge is 0.490 e. The van der Waals surface area contributed by atoms with E-state index in [0.717, 1.165) is 12.1 Å². The van der Waals surface area contributed by atoms with Gasteiger partial charge in [0.2, 0.25) is 0 Å². The van der Waals surface area contributed by atoms with Crippen molar-refractivity contribution >= 4 is 32.5 Å². The highest BCUT2D eigenvalue weighted by Crippen LogP contribution is 2.37. The minimum absolute atomic E-state index is 0.0104. The lowest BCUT2D eigenvalue weighted by molar-refractivity contribution is 0.262.